The van der Waals surface area contributed by atoms with E-state index in [9.17, 15) is 0 Å². The molecule has 1 aliphatic heterocycles. The Bertz CT molecular complexity index is 542. The lowest BCUT2D eigenvalue weighted by Crippen LogP contribution is -2.65. The highest BCUT2D eigenvalue weighted by Crippen LogP contribution is 2.26. The lowest BCUT2D eigenvalue weighted by molar-refractivity contribution is 0.00241. The number of nitrogens with zero attached hydrogens (tertiary/aromatic N) is 1. The molecule has 0 radical (unpaired) electrons. The van der Waals surface area contributed by atoms with Crippen molar-refractivity contribution in [1.29, 1.82) is 0 Å². The van der Waals surface area contributed by atoms with Gasteiger partial charge in [0.05, 0.1) is 5.40 Å². The SMILES string of the molecule is BC(B)(B)OC(B)(B)C(B)(B)Oc1ccc(N2CCNCC2)cc1. The van der Waals surface area contributed by atoms with Crippen LogP contribution < -0.4 is 15.0 Å². The van der Waals surface area contributed by atoms with Crippen LogP contribution in [0.2, 0.25) is 0 Å². The van der Waals surface area contributed by atoms with Crippen molar-refractivity contribution in [3.8, 4) is 5.75 Å². The third kappa shape index (κ3) is 5.09. The maximum Gasteiger partial charge on any atom is 0.148 e. The minimum absolute atomic E-state index is 0.212. The van der Waals surface area contributed by atoms with Crippen molar-refractivity contribution in [2.24, 2.45) is 0 Å². The molecule has 1 aliphatic rings. The summed E-state index contributed by atoms with van der Waals surface area (Å²) in [5, 5.41) is 2.31. The van der Waals surface area contributed by atoms with E-state index in [1.165, 1.54) is 5.69 Å². The monoisotopic (exact) mass is 320 g/mol. The van der Waals surface area contributed by atoms with Gasteiger partial charge >= 0.3 is 0 Å². The van der Waals surface area contributed by atoms with Crippen LogP contribution in [-0.4, -0.2) is 97.2 Å². The molecule has 0 atom stereocenters. The van der Waals surface area contributed by atoms with Gasteiger partial charge in [-0.15, -0.1) is 0 Å². The average Bonchev–Trinajstić information content (AvgIpc) is 2.46. The quantitative estimate of drug-likeness (QED) is 0.529. The van der Waals surface area contributed by atoms with E-state index < -0.39 is 10.8 Å². The van der Waals surface area contributed by atoms with E-state index >= 15 is 0 Å². The molecule has 1 aromatic carbocycles. The summed E-state index contributed by atoms with van der Waals surface area (Å²) in [4.78, 5) is 2.40. The van der Waals surface area contributed by atoms with Crippen molar-refractivity contribution in [2.45, 2.75) is 16.1 Å². The molecule has 1 saturated heterocycles. The third-order valence-corrected chi connectivity index (χ3v) is 4.70. The molecule has 1 fully saturated rings. The highest BCUT2D eigenvalue weighted by molar-refractivity contribution is 6.59. The van der Waals surface area contributed by atoms with Gasteiger partial charge in [0.2, 0.25) is 0 Å². The standard InChI is InChI=1S/C13H27B7N2O2/c14-11(15,12(16,17)24-13(18,19)20)23-10-3-1-9(2-4-10)22-7-5-21-6-8-22/h1-4,21H,5-8,14-20H2. The lowest BCUT2D eigenvalue weighted by Gasteiger charge is -2.47. The maximum absolute atomic E-state index is 6.30. The molecule has 0 aliphatic carbocycles. The molecule has 1 aromatic rings. The summed E-state index contributed by atoms with van der Waals surface area (Å²) in [6.07, 6.45) is 0. The Labute approximate surface area is 153 Å². The Balaban J connectivity index is 2.06. The molecule has 0 spiro atoms. The van der Waals surface area contributed by atoms with Gasteiger partial charge in [-0.2, -0.15) is 0 Å². The van der Waals surface area contributed by atoms with Crippen LogP contribution in [0.5, 0.6) is 5.75 Å². The number of ether oxygens (including phenoxy) is 2. The molecule has 0 saturated carbocycles. The topological polar surface area (TPSA) is 33.7 Å². The second kappa shape index (κ2) is 7.21. The summed E-state index contributed by atoms with van der Waals surface area (Å²) in [5.74, 6) is 0.879. The van der Waals surface area contributed by atoms with E-state index in [1.54, 1.807) is 0 Å². The van der Waals surface area contributed by atoms with E-state index in [0.29, 0.717) is 0 Å². The normalized spacial score (nSPS) is 16.8. The first-order valence-corrected chi connectivity index (χ1v) is 8.95. The number of nitrogens with one attached hydrogen (secondary N) is 1. The average molecular weight is 319 g/mol. The zero-order valence-corrected chi connectivity index (χ0v) is 16.4. The second-order valence-corrected chi connectivity index (χ2v) is 8.57. The van der Waals surface area contributed by atoms with E-state index in [2.05, 4.69) is 89.4 Å². The number of anilines is 1. The van der Waals surface area contributed by atoms with Crippen molar-refractivity contribution in [3.05, 3.63) is 24.3 Å². The van der Waals surface area contributed by atoms with Crippen LogP contribution in [-0.2, 0) is 4.74 Å². The van der Waals surface area contributed by atoms with Crippen LogP contribution in [0.4, 0.5) is 5.69 Å². The predicted octanol–water partition coefficient (Wildman–Crippen LogP) is -6.16. The third-order valence-electron chi connectivity index (χ3n) is 4.70. The summed E-state index contributed by atoms with van der Waals surface area (Å²) in [6.45, 7) is 4.20. The number of piperazine rings is 1. The van der Waals surface area contributed by atoms with Gasteiger partial charge in [0.1, 0.15) is 60.7 Å². The molecule has 2 rings (SSSR count). The molecule has 11 heteroatoms. The van der Waals surface area contributed by atoms with Crippen LogP contribution in [0, 0.1) is 0 Å². The van der Waals surface area contributed by atoms with E-state index in [4.69, 9.17) is 9.47 Å². The molecule has 0 aromatic heterocycles. The van der Waals surface area contributed by atoms with Gasteiger partial charge in [0.25, 0.3) is 0 Å². The minimum atomic E-state index is -0.448. The van der Waals surface area contributed by atoms with Gasteiger partial charge in [-0.05, 0) is 29.6 Å². The highest BCUT2D eigenvalue weighted by Gasteiger charge is 2.41. The van der Waals surface area contributed by atoms with Gasteiger partial charge < -0.3 is 19.7 Å². The Kier molecular flexibility index (Phi) is 5.86. The Morgan fingerprint density at radius 3 is 1.88 bits per heavy atom. The summed E-state index contributed by atoms with van der Waals surface area (Å²) < 4.78 is 12.5. The predicted molar refractivity (Wildman–Crippen MR) is 121 cm³/mol. The number of benzene rings is 1. The number of rotatable bonds is 6. The fourth-order valence-electron chi connectivity index (χ4n) is 2.95. The first-order chi connectivity index (χ1) is 11.0. The molecule has 1 N–H and O–H groups in total. The number of hydrogen-bond donors (Lipinski definition) is 1. The van der Waals surface area contributed by atoms with E-state index in [1.807, 2.05) is 0 Å². The van der Waals surface area contributed by atoms with Gasteiger partial charge in [-0.1, -0.05) is 0 Å². The van der Waals surface area contributed by atoms with E-state index in [-0.39, 0.29) is 5.30 Å². The molecule has 4 nitrogen and oxygen atoms in total. The van der Waals surface area contributed by atoms with Gasteiger partial charge in [0.15, 0.2) is 0 Å². The first kappa shape index (κ1) is 19.5. The lowest BCUT2D eigenvalue weighted by atomic mass is 9.40. The van der Waals surface area contributed by atoms with Crippen molar-refractivity contribution in [3.63, 3.8) is 0 Å². The van der Waals surface area contributed by atoms with Crippen molar-refractivity contribution < 1.29 is 9.47 Å². The Morgan fingerprint density at radius 1 is 0.833 bits per heavy atom. The van der Waals surface area contributed by atoms with E-state index in [0.717, 1.165) is 31.9 Å². The molecule has 0 bridgehead atoms. The summed E-state index contributed by atoms with van der Waals surface area (Å²) >= 11 is 0. The van der Waals surface area contributed by atoms with Crippen molar-refractivity contribution in [2.75, 3.05) is 31.1 Å². The number of hydrogen-bond acceptors (Lipinski definition) is 4. The van der Waals surface area contributed by atoms with Crippen LogP contribution in [0.15, 0.2) is 24.3 Å². The molecule has 122 valence electrons. The Hall–Kier alpha value is -0.805. The maximum atomic E-state index is 6.30. The largest absolute Gasteiger partial charge is 0.504 e. The smallest absolute Gasteiger partial charge is 0.148 e. The summed E-state index contributed by atoms with van der Waals surface area (Å²) in [6, 6.07) is 8.42. The van der Waals surface area contributed by atoms with Gasteiger partial charge in [-0.3, -0.25) is 0 Å². The second-order valence-electron chi connectivity index (χ2n) is 8.57. The molecule has 0 unspecified atom stereocenters. The molecular weight excluding hydrogens is 292 g/mol. The van der Waals surface area contributed by atoms with Crippen molar-refractivity contribution in [1.82, 2.24) is 5.32 Å². The molecular formula is C13H27B7N2O2. The summed E-state index contributed by atoms with van der Waals surface area (Å²) in [7, 11) is 14.6. The summed E-state index contributed by atoms with van der Waals surface area (Å²) in [5.41, 5.74) is 1.26. The van der Waals surface area contributed by atoms with Crippen LogP contribution in [0.25, 0.3) is 0 Å². The minimum Gasteiger partial charge on any atom is -0.504 e. The fraction of sp³-hybridized carbons (Fsp3) is 0.538. The Morgan fingerprint density at radius 2 is 1.38 bits per heavy atom. The van der Waals surface area contributed by atoms with Crippen LogP contribution in [0.1, 0.15) is 0 Å². The van der Waals surface area contributed by atoms with Gasteiger partial charge in [-0.25, -0.2) is 0 Å². The van der Waals surface area contributed by atoms with Gasteiger partial charge in [0, 0.05) is 37.3 Å². The van der Waals surface area contributed by atoms with Crippen LogP contribution >= 0.6 is 0 Å². The first-order valence-electron chi connectivity index (χ1n) is 8.95. The molecule has 24 heavy (non-hydrogen) atoms. The molecule has 0 amide bonds. The van der Waals surface area contributed by atoms with Crippen LogP contribution in [0.3, 0.4) is 0 Å². The fourth-order valence-corrected chi connectivity index (χ4v) is 2.95. The zero-order chi connectivity index (χ0) is 18.0. The van der Waals surface area contributed by atoms with Crippen molar-refractivity contribution >= 4 is 60.6 Å². The zero-order valence-electron chi connectivity index (χ0n) is 16.4. The molecule has 1 heterocycles. The highest BCUT2D eigenvalue weighted by atomic mass is 16.6.